The fraction of sp³-hybridized carbons (Fsp3) is 0.571. The second-order valence-corrected chi connectivity index (χ2v) is 16.2. The molecule has 3 amide bonds. The maximum atomic E-state index is 13.9. The predicted octanol–water partition coefficient (Wildman–Crippen LogP) is 5.49. The molecule has 0 aliphatic carbocycles. The lowest BCUT2D eigenvalue weighted by Crippen LogP contribution is -2.50. The molecule has 2 aromatic rings. The van der Waals surface area contributed by atoms with Gasteiger partial charge in [-0.3, -0.25) is 9.59 Å². The Bertz CT molecular complexity index is 1260. The third-order valence-electron chi connectivity index (χ3n) is 7.06. The average Bonchev–Trinajstić information content (AvgIpc) is 3.02. The first-order chi connectivity index (χ1) is 22.1. The van der Waals surface area contributed by atoms with Crippen LogP contribution in [0.1, 0.15) is 59.6 Å². The molecule has 0 aromatic heterocycles. The third kappa shape index (κ3) is 15.1. The summed E-state index contributed by atoms with van der Waals surface area (Å²) in [5.74, 6) is 2.85. The number of benzene rings is 2. The molecule has 0 fully saturated rings. The van der Waals surface area contributed by atoms with E-state index in [0.29, 0.717) is 50.8 Å². The maximum Gasteiger partial charge on any atom is 0.407 e. The van der Waals surface area contributed by atoms with Gasteiger partial charge in [0, 0.05) is 50.8 Å². The van der Waals surface area contributed by atoms with Gasteiger partial charge in [-0.15, -0.1) is 23.5 Å². The standard InChI is InChI=1S/C35H54N4O6S2/c1-33(2,3)45-32(42)38-19-18-36-20-22-39(31(41)35(6,7)47-25-27-12-16-29(44-9)17-13-27)23-21-37-30(40)34(4,5)46-24-26-10-14-28(43-8)15-11-26/h10-17,36H,18-25H2,1-9H3,(H,37,40)(H,38,42). The number of carbonyl (C=O) groups is 3. The molecule has 12 heteroatoms. The number of thioether (sulfide) groups is 2. The summed E-state index contributed by atoms with van der Waals surface area (Å²) in [5.41, 5.74) is 1.65. The number of carbonyl (C=O) groups excluding carboxylic acids is 3. The minimum Gasteiger partial charge on any atom is -0.497 e. The van der Waals surface area contributed by atoms with Crippen LogP contribution in [0.4, 0.5) is 4.79 Å². The van der Waals surface area contributed by atoms with Crippen molar-refractivity contribution in [2.75, 3.05) is 53.5 Å². The second-order valence-electron chi connectivity index (χ2n) is 13.0. The molecule has 0 aliphatic rings. The predicted molar refractivity (Wildman–Crippen MR) is 193 cm³/mol. The first-order valence-corrected chi connectivity index (χ1v) is 17.8. The Kier molecular flexibility index (Phi) is 16.2. The van der Waals surface area contributed by atoms with Crippen LogP contribution in [0.25, 0.3) is 0 Å². The zero-order valence-electron chi connectivity index (χ0n) is 29.5. The van der Waals surface area contributed by atoms with Gasteiger partial charge in [-0.1, -0.05) is 24.3 Å². The molecule has 0 bridgehead atoms. The molecule has 0 heterocycles. The number of alkyl carbamates (subject to hydrolysis) is 1. The largest absolute Gasteiger partial charge is 0.497 e. The molecule has 3 N–H and O–H groups in total. The van der Waals surface area contributed by atoms with Crippen LogP contribution in [-0.2, 0) is 25.8 Å². The summed E-state index contributed by atoms with van der Waals surface area (Å²) in [6.45, 7) is 15.7. The van der Waals surface area contributed by atoms with E-state index in [4.69, 9.17) is 14.2 Å². The van der Waals surface area contributed by atoms with Gasteiger partial charge < -0.3 is 35.1 Å². The van der Waals surface area contributed by atoms with E-state index in [-0.39, 0.29) is 11.8 Å². The maximum absolute atomic E-state index is 13.9. The Morgan fingerprint density at radius 1 is 0.660 bits per heavy atom. The van der Waals surface area contributed by atoms with E-state index >= 15 is 0 Å². The fourth-order valence-corrected chi connectivity index (χ4v) is 6.11. The van der Waals surface area contributed by atoms with Crippen LogP contribution in [-0.4, -0.2) is 91.4 Å². The van der Waals surface area contributed by atoms with E-state index in [1.54, 1.807) is 42.6 Å². The van der Waals surface area contributed by atoms with E-state index in [2.05, 4.69) is 16.0 Å². The van der Waals surface area contributed by atoms with Crippen molar-refractivity contribution in [2.45, 2.75) is 75.1 Å². The van der Waals surface area contributed by atoms with Gasteiger partial charge in [-0.2, -0.15) is 0 Å². The summed E-state index contributed by atoms with van der Waals surface area (Å²) in [6, 6.07) is 15.7. The molecule has 0 radical (unpaired) electrons. The Hall–Kier alpha value is -3.09. The molecule has 262 valence electrons. The summed E-state index contributed by atoms with van der Waals surface area (Å²) >= 11 is 3.14. The van der Waals surface area contributed by atoms with Crippen LogP contribution in [0.5, 0.6) is 11.5 Å². The van der Waals surface area contributed by atoms with Gasteiger partial charge in [0.05, 0.1) is 23.7 Å². The van der Waals surface area contributed by atoms with E-state index in [1.165, 1.54) is 0 Å². The molecular formula is C35H54N4O6S2. The Balaban J connectivity index is 1.95. The quantitative estimate of drug-likeness (QED) is 0.165. The van der Waals surface area contributed by atoms with Crippen LogP contribution in [0.3, 0.4) is 0 Å². The normalized spacial score (nSPS) is 11.9. The summed E-state index contributed by atoms with van der Waals surface area (Å²) in [4.78, 5) is 40.8. The number of rotatable bonds is 19. The zero-order valence-corrected chi connectivity index (χ0v) is 31.1. The summed E-state index contributed by atoms with van der Waals surface area (Å²) in [7, 11) is 3.27. The van der Waals surface area contributed by atoms with Gasteiger partial charge in [0.1, 0.15) is 17.1 Å². The molecule has 2 aromatic carbocycles. The van der Waals surface area contributed by atoms with Gasteiger partial charge in [-0.25, -0.2) is 4.79 Å². The number of nitrogens with zero attached hydrogens (tertiary/aromatic N) is 1. The van der Waals surface area contributed by atoms with Gasteiger partial charge in [-0.05, 0) is 83.9 Å². The van der Waals surface area contributed by atoms with Crippen molar-refractivity contribution in [2.24, 2.45) is 0 Å². The van der Waals surface area contributed by atoms with Crippen LogP contribution in [0.2, 0.25) is 0 Å². The van der Waals surface area contributed by atoms with Crippen LogP contribution in [0.15, 0.2) is 48.5 Å². The highest BCUT2D eigenvalue weighted by Crippen LogP contribution is 2.31. The highest BCUT2D eigenvalue weighted by atomic mass is 32.2. The van der Waals surface area contributed by atoms with Crippen molar-refractivity contribution in [3.63, 3.8) is 0 Å². The van der Waals surface area contributed by atoms with Gasteiger partial charge in [0.2, 0.25) is 11.8 Å². The van der Waals surface area contributed by atoms with Gasteiger partial charge in [0.25, 0.3) is 0 Å². The lowest BCUT2D eigenvalue weighted by atomic mass is 10.1. The highest BCUT2D eigenvalue weighted by molar-refractivity contribution is 8.00. The first kappa shape index (κ1) is 40.1. The molecule has 0 aliphatic heterocycles. The average molecular weight is 691 g/mol. The molecule has 0 saturated heterocycles. The fourth-order valence-electron chi connectivity index (χ4n) is 4.22. The van der Waals surface area contributed by atoms with Crippen LogP contribution < -0.4 is 25.4 Å². The summed E-state index contributed by atoms with van der Waals surface area (Å²) < 4.78 is 14.4. The topological polar surface area (TPSA) is 118 Å². The van der Waals surface area contributed by atoms with Crippen LogP contribution in [0, 0.1) is 0 Å². The molecule has 47 heavy (non-hydrogen) atoms. The Morgan fingerprint density at radius 2 is 1.15 bits per heavy atom. The monoisotopic (exact) mass is 690 g/mol. The minimum atomic E-state index is -0.699. The lowest BCUT2D eigenvalue weighted by Gasteiger charge is -2.32. The highest BCUT2D eigenvalue weighted by Gasteiger charge is 2.33. The van der Waals surface area contributed by atoms with E-state index in [1.807, 2.05) is 97.0 Å². The SMILES string of the molecule is COc1ccc(CSC(C)(C)C(=O)NCCN(CCNCCNC(=O)OC(C)(C)C)C(=O)C(C)(C)SCc2ccc(OC)cc2)cc1. The Morgan fingerprint density at radius 3 is 1.64 bits per heavy atom. The first-order valence-electron chi connectivity index (χ1n) is 15.9. The molecular weight excluding hydrogens is 637 g/mol. The molecule has 0 spiro atoms. The molecule has 0 saturated carbocycles. The Labute approximate surface area is 289 Å². The number of nitrogens with one attached hydrogen (secondary N) is 3. The zero-order chi connectivity index (χ0) is 35.1. The molecule has 2 rings (SSSR count). The smallest absolute Gasteiger partial charge is 0.407 e. The summed E-state index contributed by atoms with van der Waals surface area (Å²) in [6.07, 6.45) is -0.465. The van der Waals surface area contributed by atoms with Gasteiger partial charge in [0.15, 0.2) is 0 Å². The number of ether oxygens (including phenoxy) is 3. The molecule has 0 unspecified atom stereocenters. The number of hydrogen-bond acceptors (Lipinski definition) is 9. The van der Waals surface area contributed by atoms with E-state index in [0.717, 1.165) is 22.6 Å². The van der Waals surface area contributed by atoms with Gasteiger partial charge >= 0.3 is 6.09 Å². The van der Waals surface area contributed by atoms with E-state index in [9.17, 15) is 14.4 Å². The number of methoxy groups -OCH3 is 2. The van der Waals surface area contributed by atoms with Crippen molar-refractivity contribution in [3.05, 3.63) is 59.7 Å². The van der Waals surface area contributed by atoms with Crippen molar-refractivity contribution < 1.29 is 28.6 Å². The minimum absolute atomic E-state index is 0.00733. The van der Waals surface area contributed by atoms with E-state index < -0.39 is 21.2 Å². The van der Waals surface area contributed by atoms with Crippen molar-refractivity contribution in [1.29, 1.82) is 0 Å². The summed E-state index contributed by atoms with van der Waals surface area (Å²) in [5, 5.41) is 9.07. The van der Waals surface area contributed by atoms with Crippen molar-refractivity contribution in [3.8, 4) is 11.5 Å². The number of hydrogen-bond donors (Lipinski definition) is 3. The number of amides is 3. The van der Waals surface area contributed by atoms with Crippen LogP contribution >= 0.6 is 23.5 Å². The van der Waals surface area contributed by atoms with Crippen molar-refractivity contribution in [1.82, 2.24) is 20.9 Å². The second kappa shape index (κ2) is 19.0. The third-order valence-corrected chi connectivity index (χ3v) is 9.82. The molecule has 10 nitrogen and oxygen atoms in total. The molecule has 0 atom stereocenters. The van der Waals surface area contributed by atoms with Crippen molar-refractivity contribution >= 4 is 41.4 Å². The lowest BCUT2D eigenvalue weighted by molar-refractivity contribution is -0.133.